The first-order valence-electron chi connectivity index (χ1n) is 12.8. The van der Waals surface area contributed by atoms with E-state index in [1.165, 1.54) is 16.2 Å². The van der Waals surface area contributed by atoms with Crippen molar-refractivity contribution < 1.29 is 19.2 Å². The first kappa shape index (κ1) is 21.0. The van der Waals surface area contributed by atoms with E-state index in [2.05, 4.69) is 0 Å². The number of amides is 4. The minimum absolute atomic E-state index is 0.155. The molecule has 2 aromatic rings. The lowest BCUT2D eigenvalue weighted by Crippen LogP contribution is -2.38. The van der Waals surface area contributed by atoms with Gasteiger partial charge >= 0.3 is 0 Å². The predicted molar refractivity (Wildman–Crippen MR) is 128 cm³/mol. The molecule has 6 nitrogen and oxygen atoms in total. The van der Waals surface area contributed by atoms with Gasteiger partial charge in [-0.2, -0.15) is 0 Å². The largest absolute Gasteiger partial charge is 0.274 e. The lowest BCUT2D eigenvalue weighted by Gasteiger charge is -2.33. The third-order valence-corrected chi connectivity index (χ3v) is 9.56. The zero-order valence-corrected chi connectivity index (χ0v) is 19.8. The Bertz CT molecular complexity index is 1280. The molecule has 6 heteroatoms. The number of nitrogens with zero attached hydrogens (tertiary/aromatic N) is 2. The molecule has 4 amide bonds. The molecule has 0 saturated heterocycles. The van der Waals surface area contributed by atoms with Crippen LogP contribution in [0.25, 0.3) is 0 Å². The number of imide groups is 2. The minimum atomic E-state index is -0.159. The van der Waals surface area contributed by atoms with Gasteiger partial charge in [-0.1, -0.05) is 23.8 Å². The molecule has 6 unspecified atom stereocenters. The molecule has 3 fully saturated rings. The third-order valence-electron chi connectivity index (χ3n) is 9.56. The van der Waals surface area contributed by atoms with Crippen molar-refractivity contribution in [1.29, 1.82) is 0 Å². The standard InChI is InChI=1S/C29H28N2O4/c1-15-6-7-21-25(8-15)29(35)30(28(21)34)13-16-9-22-17-11-18(23(12-17)24(22)10-16)14-31-26(32)19-4-2-3-5-20(19)27(31)33/h2-8,16-18,22-24H,9-14H2,1H3. The van der Waals surface area contributed by atoms with Crippen LogP contribution in [0.5, 0.6) is 0 Å². The average Bonchev–Trinajstić information content (AvgIpc) is 3.63. The number of benzene rings is 2. The highest BCUT2D eigenvalue weighted by Gasteiger charge is 2.57. The van der Waals surface area contributed by atoms with Gasteiger partial charge < -0.3 is 0 Å². The molecule has 0 spiro atoms. The Morgan fingerprint density at radius 3 is 1.97 bits per heavy atom. The van der Waals surface area contributed by atoms with Crippen LogP contribution >= 0.6 is 0 Å². The summed E-state index contributed by atoms with van der Waals surface area (Å²) in [4.78, 5) is 54.6. The third kappa shape index (κ3) is 2.95. The molecule has 7 rings (SSSR count). The first-order chi connectivity index (χ1) is 16.9. The van der Waals surface area contributed by atoms with Crippen LogP contribution in [-0.4, -0.2) is 46.5 Å². The Balaban J connectivity index is 1.04. The van der Waals surface area contributed by atoms with E-state index in [0.717, 1.165) is 24.8 Å². The average molecular weight is 469 g/mol. The van der Waals surface area contributed by atoms with Crippen molar-refractivity contribution >= 4 is 23.6 Å². The van der Waals surface area contributed by atoms with Crippen LogP contribution in [0.4, 0.5) is 0 Å². The van der Waals surface area contributed by atoms with Crippen LogP contribution in [0.1, 0.15) is 72.7 Å². The number of fused-ring (bicyclic) bond motifs is 7. The predicted octanol–water partition coefficient (Wildman–Crippen LogP) is 4.19. The molecule has 2 aromatic carbocycles. The van der Waals surface area contributed by atoms with Crippen molar-refractivity contribution in [2.75, 3.05) is 13.1 Å². The van der Waals surface area contributed by atoms with Crippen molar-refractivity contribution in [3.05, 3.63) is 70.3 Å². The summed E-state index contributed by atoms with van der Waals surface area (Å²) < 4.78 is 0. The molecule has 3 saturated carbocycles. The molecule has 5 aliphatic rings. The summed E-state index contributed by atoms with van der Waals surface area (Å²) in [6, 6.07) is 12.6. The highest BCUT2D eigenvalue weighted by Crippen LogP contribution is 2.62. The number of carbonyl (C=O) groups excluding carboxylic acids is 4. The molecule has 0 N–H and O–H groups in total. The van der Waals surface area contributed by atoms with Crippen LogP contribution in [0.2, 0.25) is 0 Å². The van der Waals surface area contributed by atoms with E-state index in [-0.39, 0.29) is 23.6 Å². The highest BCUT2D eigenvalue weighted by atomic mass is 16.2. The maximum atomic E-state index is 13.0. The SMILES string of the molecule is Cc1ccc2c(c1)C(=O)N(CC1CC3C4CC(CN5C(=O)c6ccccc6C5=O)C(C4)C3C1)C2=O. The Kier molecular flexibility index (Phi) is 4.42. The van der Waals surface area contributed by atoms with Gasteiger partial charge in [0.25, 0.3) is 23.6 Å². The van der Waals surface area contributed by atoms with Crippen LogP contribution in [0.3, 0.4) is 0 Å². The van der Waals surface area contributed by atoms with E-state index in [1.54, 1.807) is 18.2 Å². The quantitative estimate of drug-likeness (QED) is 0.631. The monoisotopic (exact) mass is 468 g/mol. The maximum absolute atomic E-state index is 13.0. The molecule has 0 radical (unpaired) electrons. The van der Waals surface area contributed by atoms with E-state index >= 15 is 0 Å². The number of aryl methyl sites for hydroxylation is 1. The van der Waals surface area contributed by atoms with E-state index in [0.29, 0.717) is 70.9 Å². The van der Waals surface area contributed by atoms with Crippen molar-refractivity contribution in [1.82, 2.24) is 9.80 Å². The normalized spacial score (nSPS) is 32.6. The fourth-order valence-corrected chi connectivity index (χ4v) is 8.15. The first-order valence-corrected chi connectivity index (χ1v) is 12.8. The fourth-order valence-electron chi connectivity index (χ4n) is 8.15. The van der Waals surface area contributed by atoms with Crippen molar-refractivity contribution in [2.24, 2.45) is 35.5 Å². The fraction of sp³-hybridized carbons (Fsp3) is 0.448. The summed E-state index contributed by atoms with van der Waals surface area (Å²) in [5.74, 6) is 2.40. The number of carbonyl (C=O) groups is 4. The summed E-state index contributed by atoms with van der Waals surface area (Å²) in [6.45, 7) is 2.95. The highest BCUT2D eigenvalue weighted by molar-refractivity contribution is 6.22. The van der Waals surface area contributed by atoms with E-state index in [4.69, 9.17) is 0 Å². The number of rotatable bonds is 4. The second-order valence-corrected chi connectivity index (χ2v) is 11.4. The Labute approximate surface area is 204 Å². The van der Waals surface area contributed by atoms with Gasteiger partial charge in [0, 0.05) is 13.1 Å². The molecule has 178 valence electrons. The second kappa shape index (κ2) is 7.36. The zero-order chi connectivity index (χ0) is 24.0. The van der Waals surface area contributed by atoms with Crippen LogP contribution in [0.15, 0.2) is 42.5 Å². The molecular formula is C29H28N2O4. The van der Waals surface area contributed by atoms with E-state index in [9.17, 15) is 19.2 Å². The minimum Gasteiger partial charge on any atom is -0.274 e. The van der Waals surface area contributed by atoms with Gasteiger partial charge in [0.2, 0.25) is 0 Å². The summed E-state index contributed by atoms with van der Waals surface area (Å²) in [6.07, 6.45) is 4.34. The second-order valence-electron chi connectivity index (χ2n) is 11.4. The van der Waals surface area contributed by atoms with Gasteiger partial charge in [-0.25, -0.2) is 0 Å². The lowest BCUT2D eigenvalue weighted by molar-refractivity contribution is 0.0581. The smallest absolute Gasteiger partial charge is 0.261 e. The Morgan fingerprint density at radius 1 is 0.657 bits per heavy atom. The molecule has 35 heavy (non-hydrogen) atoms. The Morgan fingerprint density at radius 2 is 1.26 bits per heavy atom. The molecule has 0 aromatic heterocycles. The molecule has 3 aliphatic carbocycles. The molecule has 2 bridgehead atoms. The van der Waals surface area contributed by atoms with Crippen molar-refractivity contribution in [3.63, 3.8) is 0 Å². The molecule has 2 aliphatic heterocycles. The molecular weight excluding hydrogens is 440 g/mol. The van der Waals surface area contributed by atoms with E-state index in [1.807, 2.05) is 31.2 Å². The van der Waals surface area contributed by atoms with Gasteiger partial charge in [-0.05, 0) is 92.4 Å². The van der Waals surface area contributed by atoms with Gasteiger partial charge in [-0.3, -0.25) is 29.0 Å². The Hall–Kier alpha value is -3.28. The number of hydrogen-bond donors (Lipinski definition) is 0. The molecule has 2 heterocycles. The van der Waals surface area contributed by atoms with Crippen LogP contribution in [0, 0.1) is 42.4 Å². The van der Waals surface area contributed by atoms with Gasteiger partial charge in [0.05, 0.1) is 22.3 Å². The van der Waals surface area contributed by atoms with Crippen molar-refractivity contribution in [2.45, 2.75) is 32.6 Å². The lowest BCUT2D eigenvalue weighted by atomic mass is 9.75. The van der Waals surface area contributed by atoms with Gasteiger partial charge in [0.15, 0.2) is 0 Å². The summed E-state index contributed by atoms with van der Waals surface area (Å²) in [5, 5.41) is 0. The number of hydrogen-bond acceptors (Lipinski definition) is 4. The summed E-state index contributed by atoms with van der Waals surface area (Å²) in [7, 11) is 0. The maximum Gasteiger partial charge on any atom is 0.261 e. The molecule has 6 atom stereocenters. The van der Waals surface area contributed by atoms with E-state index < -0.39 is 0 Å². The summed E-state index contributed by atoms with van der Waals surface area (Å²) in [5.41, 5.74) is 3.10. The topological polar surface area (TPSA) is 74.8 Å². The summed E-state index contributed by atoms with van der Waals surface area (Å²) >= 11 is 0. The van der Waals surface area contributed by atoms with Gasteiger partial charge in [-0.15, -0.1) is 0 Å². The van der Waals surface area contributed by atoms with Gasteiger partial charge in [0.1, 0.15) is 0 Å². The van der Waals surface area contributed by atoms with Crippen LogP contribution < -0.4 is 0 Å². The van der Waals surface area contributed by atoms with Crippen molar-refractivity contribution in [3.8, 4) is 0 Å². The zero-order valence-electron chi connectivity index (χ0n) is 19.8. The van der Waals surface area contributed by atoms with Crippen LogP contribution in [-0.2, 0) is 0 Å².